The van der Waals surface area contributed by atoms with Crippen molar-refractivity contribution in [1.82, 2.24) is 4.72 Å². The molecule has 0 fully saturated rings. The Balaban J connectivity index is 2.11. The van der Waals surface area contributed by atoms with Crippen molar-refractivity contribution in [2.45, 2.75) is 31.6 Å². The summed E-state index contributed by atoms with van der Waals surface area (Å²) in [5.74, 6) is -0.907. The van der Waals surface area contributed by atoms with Crippen molar-refractivity contribution in [2.75, 3.05) is 0 Å². The Hall–Kier alpha value is -2.21. The largest absolute Gasteiger partial charge is 0.299 e. The van der Waals surface area contributed by atoms with E-state index in [0.717, 1.165) is 10.8 Å². The zero-order chi connectivity index (χ0) is 17.0. The summed E-state index contributed by atoms with van der Waals surface area (Å²) in [6.07, 6.45) is -0.0967. The first-order chi connectivity index (χ1) is 10.8. The van der Waals surface area contributed by atoms with Crippen LogP contribution in [0.15, 0.2) is 47.4 Å². The van der Waals surface area contributed by atoms with Gasteiger partial charge in [0, 0.05) is 18.8 Å². The predicted octanol–water partition coefficient (Wildman–Crippen LogP) is 2.65. The fraction of sp³-hybridized carbons (Fsp3) is 0.294. The molecule has 0 spiro atoms. The molecule has 0 saturated carbocycles. The minimum atomic E-state index is -3.93. The molecule has 1 N–H and O–H groups in total. The number of sulfonamides is 1. The number of fused-ring (bicyclic) bond motifs is 1. The van der Waals surface area contributed by atoms with Gasteiger partial charge in [0.2, 0.25) is 5.91 Å². The molecule has 0 aliphatic carbocycles. The third-order valence-electron chi connectivity index (χ3n) is 3.52. The van der Waals surface area contributed by atoms with Crippen LogP contribution in [0.2, 0.25) is 0 Å². The minimum absolute atomic E-state index is 0.0275. The van der Waals surface area contributed by atoms with Crippen LogP contribution in [-0.2, 0) is 19.6 Å². The van der Waals surface area contributed by atoms with Gasteiger partial charge in [-0.05, 0) is 22.9 Å². The molecule has 2 aromatic carbocycles. The molecule has 0 aromatic heterocycles. The van der Waals surface area contributed by atoms with Crippen LogP contribution in [0, 0.1) is 5.92 Å². The molecule has 0 unspecified atom stereocenters. The molecule has 2 rings (SSSR count). The van der Waals surface area contributed by atoms with Gasteiger partial charge in [0.1, 0.15) is 5.78 Å². The van der Waals surface area contributed by atoms with E-state index in [-0.39, 0.29) is 29.4 Å². The first-order valence-electron chi connectivity index (χ1n) is 7.37. The average Bonchev–Trinajstić information content (AvgIpc) is 2.51. The summed E-state index contributed by atoms with van der Waals surface area (Å²) < 4.78 is 26.5. The molecule has 0 aliphatic heterocycles. The maximum atomic E-state index is 12.2. The molecule has 5 nitrogen and oxygen atoms in total. The lowest BCUT2D eigenvalue weighted by Gasteiger charge is -2.08. The lowest BCUT2D eigenvalue weighted by molar-refractivity contribution is -0.126. The van der Waals surface area contributed by atoms with Crippen molar-refractivity contribution < 1.29 is 18.0 Å². The summed E-state index contributed by atoms with van der Waals surface area (Å²) in [5.41, 5.74) is 0. The van der Waals surface area contributed by atoms with Gasteiger partial charge in [0.25, 0.3) is 10.0 Å². The number of ketones is 1. The fourth-order valence-corrected chi connectivity index (χ4v) is 3.17. The van der Waals surface area contributed by atoms with Gasteiger partial charge < -0.3 is 0 Å². The summed E-state index contributed by atoms with van der Waals surface area (Å²) >= 11 is 0. The van der Waals surface area contributed by atoms with Crippen molar-refractivity contribution >= 4 is 32.5 Å². The van der Waals surface area contributed by atoms with E-state index in [4.69, 9.17) is 0 Å². The van der Waals surface area contributed by atoms with Crippen LogP contribution in [0.4, 0.5) is 0 Å². The van der Waals surface area contributed by atoms with Crippen LogP contribution in [-0.4, -0.2) is 20.1 Å². The van der Waals surface area contributed by atoms with E-state index in [9.17, 15) is 18.0 Å². The van der Waals surface area contributed by atoms with Crippen LogP contribution < -0.4 is 4.72 Å². The molecule has 0 saturated heterocycles. The highest BCUT2D eigenvalue weighted by Crippen LogP contribution is 2.18. The Labute approximate surface area is 135 Å². The maximum Gasteiger partial charge on any atom is 0.264 e. The van der Waals surface area contributed by atoms with E-state index in [1.165, 1.54) is 12.1 Å². The summed E-state index contributed by atoms with van der Waals surface area (Å²) in [5, 5.41) is 1.69. The molecule has 0 heterocycles. The normalized spacial score (nSPS) is 11.6. The highest BCUT2D eigenvalue weighted by molar-refractivity contribution is 7.90. The zero-order valence-electron chi connectivity index (χ0n) is 13.1. The molecule has 2 aromatic rings. The molecule has 0 aliphatic rings. The fourth-order valence-electron chi connectivity index (χ4n) is 2.12. The Kier molecular flexibility index (Phi) is 5.15. The van der Waals surface area contributed by atoms with E-state index in [2.05, 4.69) is 0 Å². The standard InChI is InChI=1S/C17H19NO4S/c1-12(2)16(19)9-10-17(20)18-23(21,22)15-8-7-13-5-3-4-6-14(13)11-15/h3-8,11-12H,9-10H2,1-2H3,(H,18,20). The summed E-state index contributed by atoms with van der Waals surface area (Å²) in [6, 6.07) is 12.0. The number of amides is 1. The Morgan fingerprint density at radius 1 is 1.00 bits per heavy atom. The van der Waals surface area contributed by atoms with Gasteiger partial charge in [0.15, 0.2) is 0 Å². The first-order valence-corrected chi connectivity index (χ1v) is 8.85. The molecular weight excluding hydrogens is 314 g/mol. The van der Waals surface area contributed by atoms with Crippen molar-refractivity contribution in [3.63, 3.8) is 0 Å². The summed E-state index contributed by atoms with van der Waals surface area (Å²) in [6.45, 7) is 3.48. The van der Waals surface area contributed by atoms with Gasteiger partial charge in [-0.2, -0.15) is 0 Å². The number of carbonyl (C=O) groups is 2. The summed E-state index contributed by atoms with van der Waals surface area (Å²) in [7, 11) is -3.93. The highest BCUT2D eigenvalue weighted by atomic mass is 32.2. The molecule has 0 atom stereocenters. The molecule has 0 bridgehead atoms. The SMILES string of the molecule is CC(C)C(=O)CCC(=O)NS(=O)(=O)c1ccc2ccccc2c1. The van der Waals surface area contributed by atoms with Crippen molar-refractivity contribution in [3.8, 4) is 0 Å². The maximum absolute atomic E-state index is 12.2. The molecule has 1 amide bonds. The number of Topliss-reactive ketones (excluding diaryl/α,β-unsaturated/α-hetero) is 1. The van der Waals surface area contributed by atoms with Crippen molar-refractivity contribution in [2.24, 2.45) is 5.92 Å². The van der Waals surface area contributed by atoms with Gasteiger partial charge in [-0.1, -0.05) is 44.2 Å². The van der Waals surface area contributed by atoms with Gasteiger partial charge in [-0.25, -0.2) is 13.1 Å². The van der Waals surface area contributed by atoms with E-state index < -0.39 is 15.9 Å². The number of rotatable bonds is 6. The predicted molar refractivity (Wildman–Crippen MR) is 88.4 cm³/mol. The number of carbonyl (C=O) groups excluding carboxylic acids is 2. The number of benzene rings is 2. The monoisotopic (exact) mass is 333 g/mol. The molecular formula is C17H19NO4S. The van der Waals surface area contributed by atoms with Crippen molar-refractivity contribution in [1.29, 1.82) is 0 Å². The second-order valence-corrected chi connectivity index (χ2v) is 7.34. The number of hydrogen-bond donors (Lipinski definition) is 1. The molecule has 23 heavy (non-hydrogen) atoms. The Morgan fingerprint density at radius 2 is 1.65 bits per heavy atom. The second-order valence-electron chi connectivity index (χ2n) is 5.66. The van der Waals surface area contributed by atoms with E-state index in [1.54, 1.807) is 26.0 Å². The van der Waals surface area contributed by atoms with Gasteiger partial charge in [-0.15, -0.1) is 0 Å². The minimum Gasteiger partial charge on any atom is -0.299 e. The van der Waals surface area contributed by atoms with Crippen LogP contribution in [0.25, 0.3) is 10.8 Å². The number of nitrogens with one attached hydrogen (secondary N) is 1. The van der Waals surface area contributed by atoms with Gasteiger partial charge in [0.05, 0.1) is 4.90 Å². The zero-order valence-corrected chi connectivity index (χ0v) is 13.9. The lowest BCUT2D eigenvalue weighted by atomic mass is 10.0. The van der Waals surface area contributed by atoms with Gasteiger partial charge >= 0.3 is 0 Å². The van der Waals surface area contributed by atoms with Crippen LogP contribution in [0.3, 0.4) is 0 Å². The Morgan fingerprint density at radius 3 is 2.30 bits per heavy atom. The van der Waals surface area contributed by atoms with E-state index >= 15 is 0 Å². The molecule has 0 radical (unpaired) electrons. The highest BCUT2D eigenvalue weighted by Gasteiger charge is 2.19. The quantitative estimate of drug-likeness (QED) is 0.881. The third kappa shape index (κ3) is 4.39. The smallest absolute Gasteiger partial charge is 0.264 e. The van der Waals surface area contributed by atoms with Gasteiger partial charge in [-0.3, -0.25) is 9.59 Å². The average molecular weight is 333 g/mol. The lowest BCUT2D eigenvalue weighted by Crippen LogP contribution is -2.31. The molecule has 122 valence electrons. The van der Waals surface area contributed by atoms with Crippen molar-refractivity contribution in [3.05, 3.63) is 42.5 Å². The first kappa shape index (κ1) is 17.1. The summed E-state index contributed by atoms with van der Waals surface area (Å²) in [4.78, 5) is 23.3. The number of hydrogen-bond acceptors (Lipinski definition) is 4. The topological polar surface area (TPSA) is 80.3 Å². The molecule has 6 heteroatoms. The Bertz CT molecular complexity index is 841. The van der Waals surface area contributed by atoms with Crippen LogP contribution in [0.5, 0.6) is 0 Å². The second kappa shape index (κ2) is 6.91. The van der Waals surface area contributed by atoms with Crippen LogP contribution in [0.1, 0.15) is 26.7 Å². The third-order valence-corrected chi connectivity index (χ3v) is 4.89. The van der Waals surface area contributed by atoms with E-state index in [1.807, 2.05) is 22.9 Å². The van der Waals surface area contributed by atoms with E-state index in [0.29, 0.717) is 0 Å². The van der Waals surface area contributed by atoms with Crippen LogP contribution >= 0.6 is 0 Å².